The van der Waals surface area contributed by atoms with Gasteiger partial charge in [0.25, 0.3) is 5.91 Å². The van der Waals surface area contributed by atoms with E-state index in [9.17, 15) is 18.8 Å². The fourth-order valence-corrected chi connectivity index (χ4v) is 5.55. The van der Waals surface area contributed by atoms with Crippen LogP contribution in [-0.2, 0) is 9.59 Å². The van der Waals surface area contributed by atoms with Crippen molar-refractivity contribution in [3.8, 4) is 0 Å². The van der Waals surface area contributed by atoms with E-state index < -0.39 is 5.82 Å². The molecule has 2 aromatic rings. The Bertz CT molecular complexity index is 1110. The second-order valence-electron chi connectivity index (χ2n) is 9.77. The Hall–Kier alpha value is -3.46. The number of nitrogens with one attached hydrogen (secondary N) is 2. The third-order valence-corrected chi connectivity index (χ3v) is 7.49. The lowest BCUT2D eigenvalue weighted by atomic mass is 10.0. The first-order chi connectivity index (χ1) is 17.5. The molecule has 8 nitrogen and oxygen atoms in total. The molecule has 3 saturated heterocycles. The minimum absolute atomic E-state index is 0.0401. The van der Waals surface area contributed by atoms with Crippen molar-refractivity contribution in [3.63, 3.8) is 0 Å². The molecule has 3 amide bonds. The van der Waals surface area contributed by atoms with Crippen LogP contribution in [0.15, 0.2) is 54.6 Å². The van der Waals surface area contributed by atoms with E-state index in [-0.39, 0.29) is 41.4 Å². The number of carbonyl (C=O) groups is 3. The van der Waals surface area contributed by atoms with Crippen molar-refractivity contribution >= 4 is 23.4 Å². The van der Waals surface area contributed by atoms with Gasteiger partial charge in [0.1, 0.15) is 5.82 Å². The molecular formula is C27H32FN5O3. The van der Waals surface area contributed by atoms with E-state index >= 15 is 0 Å². The third kappa shape index (κ3) is 5.36. The number of anilines is 1. The van der Waals surface area contributed by atoms with E-state index in [1.807, 2.05) is 23.1 Å². The average Bonchev–Trinajstić information content (AvgIpc) is 3.33. The molecule has 0 radical (unpaired) electrons. The number of para-hydroxylation sites is 1. The first kappa shape index (κ1) is 24.2. The van der Waals surface area contributed by atoms with Crippen molar-refractivity contribution in [3.05, 3.63) is 66.0 Å². The maximum absolute atomic E-state index is 13.5. The summed E-state index contributed by atoms with van der Waals surface area (Å²) in [7, 11) is 0. The predicted molar refractivity (Wildman–Crippen MR) is 134 cm³/mol. The Kier molecular flexibility index (Phi) is 7.18. The highest BCUT2D eigenvalue weighted by Crippen LogP contribution is 2.26. The van der Waals surface area contributed by atoms with Crippen molar-refractivity contribution in [1.82, 2.24) is 20.4 Å². The molecule has 3 aliphatic heterocycles. The van der Waals surface area contributed by atoms with Crippen LogP contribution in [0.2, 0.25) is 0 Å². The van der Waals surface area contributed by atoms with Crippen LogP contribution < -0.4 is 15.5 Å². The van der Waals surface area contributed by atoms with Crippen molar-refractivity contribution in [2.45, 2.75) is 37.4 Å². The summed E-state index contributed by atoms with van der Waals surface area (Å²) >= 11 is 0. The van der Waals surface area contributed by atoms with E-state index in [1.165, 1.54) is 23.9 Å². The minimum atomic E-state index is -0.461. The summed E-state index contributed by atoms with van der Waals surface area (Å²) < 4.78 is 13.5. The maximum atomic E-state index is 13.5. The number of hydrogen-bond donors (Lipinski definition) is 2. The fourth-order valence-electron chi connectivity index (χ4n) is 5.55. The highest BCUT2D eigenvalue weighted by atomic mass is 19.1. The topological polar surface area (TPSA) is 85.0 Å². The summed E-state index contributed by atoms with van der Waals surface area (Å²) in [4.78, 5) is 44.4. The third-order valence-electron chi connectivity index (χ3n) is 7.49. The Balaban J connectivity index is 1.12. The van der Waals surface area contributed by atoms with Gasteiger partial charge in [-0.3, -0.25) is 19.3 Å². The second-order valence-corrected chi connectivity index (χ2v) is 9.77. The largest absolute Gasteiger partial charge is 0.368 e. The highest BCUT2D eigenvalue weighted by molar-refractivity contribution is 5.94. The van der Waals surface area contributed by atoms with Crippen molar-refractivity contribution < 1.29 is 18.8 Å². The van der Waals surface area contributed by atoms with Gasteiger partial charge >= 0.3 is 0 Å². The van der Waals surface area contributed by atoms with Gasteiger partial charge in [0.05, 0.1) is 6.04 Å². The lowest BCUT2D eigenvalue weighted by molar-refractivity contribution is -0.132. The number of fused-ring (bicyclic) bond motifs is 1. The number of halogens is 1. The SMILES string of the molecule is O=C(N[C@H]1C[C@H]2C(=O)NC[C@@H](CCC(=O)N3CCN(c4ccccc4)CC3)N2C1)c1cccc(F)c1. The quantitative estimate of drug-likeness (QED) is 0.639. The zero-order valence-corrected chi connectivity index (χ0v) is 20.2. The molecule has 5 rings (SSSR count). The van der Waals surface area contributed by atoms with Crippen LogP contribution in [0.5, 0.6) is 0 Å². The Morgan fingerprint density at radius 3 is 2.56 bits per heavy atom. The smallest absolute Gasteiger partial charge is 0.251 e. The van der Waals surface area contributed by atoms with Gasteiger partial charge < -0.3 is 20.4 Å². The summed E-state index contributed by atoms with van der Waals surface area (Å²) in [6.45, 7) is 4.07. The Morgan fingerprint density at radius 1 is 1.03 bits per heavy atom. The van der Waals surface area contributed by atoms with E-state index in [0.717, 1.165) is 13.1 Å². The van der Waals surface area contributed by atoms with Crippen molar-refractivity contribution in [1.29, 1.82) is 0 Å². The molecule has 0 unspecified atom stereocenters. The molecule has 9 heteroatoms. The number of nitrogens with zero attached hydrogens (tertiary/aromatic N) is 3. The molecule has 0 saturated carbocycles. The summed E-state index contributed by atoms with van der Waals surface area (Å²) in [5.41, 5.74) is 1.44. The van der Waals surface area contributed by atoms with Crippen LogP contribution in [0.4, 0.5) is 10.1 Å². The number of hydrogen-bond acceptors (Lipinski definition) is 5. The van der Waals surface area contributed by atoms with Crippen LogP contribution in [0.3, 0.4) is 0 Å². The van der Waals surface area contributed by atoms with Crippen molar-refractivity contribution in [2.75, 3.05) is 44.2 Å². The van der Waals surface area contributed by atoms with Crippen LogP contribution in [-0.4, -0.2) is 84.9 Å². The standard InChI is InChI=1S/C27H32FN5O3/c28-20-6-4-5-19(15-20)26(35)30-21-16-24-27(36)29-17-23(33(24)18-21)9-10-25(34)32-13-11-31(12-14-32)22-7-2-1-3-8-22/h1-8,15,21,23-24H,9-14,16-18H2,(H,29,36)(H,30,35)/t21-,23+,24-/m0/s1. The fraction of sp³-hybridized carbons (Fsp3) is 0.444. The minimum Gasteiger partial charge on any atom is -0.368 e. The van der Waals surface area contributed by atoms with E-state index in [1.54, 1.807) is 6.07 Å². The van der Waals surface area contributed by atoms with Crippen LogP contribution in [0.1, 0.15) is 29.6 Å². The number of piperazine rings is 2. The molecule has 0 aromatic heterocycles. The lowest BCUT2D eigenvalue weighted by Crippen LogP contribution is -2.58. The van der Waals surface area contributed by atoms with E-state index in [4.69, 9.17) is 0 Å². The molecule has 3 fully saturated rings. The zero-order valence-electron chi connectivity index (χ0n) is 20.2. The van der Waals surface area contributed by atoms with Gasteiger partial charge in [0.15, 0.2) is 0 Å². The Labute approximate surface area is 210 Å². The highest BCUT2D eigenvalue weighted by Gasteiger charge is 2.44. The average molecular weight is 494 g/mol. The van der Waals surface area contributed by atoms with Gasteiger partial charge in [0, 0.05) is 69.0 Å². The van der Waals surface area contributed by atoms with Gasteiger partial charge in [-0.25, -0.2) is 4.39 Å². The van der Waals surface area contributed by atoms with Gasteiger partial charge in [-0.2, -0.15) is 0 Å². The number of rotatable bonds is 6. The van der Waals surface area contributed by atoms with Crippen LogP contribution >= 0.6 is 0 Å². The lowest BCUT2D eigenvalue weighted by Gasteiger charge is -2.38. The maximum Gasteiger partial charge on any atom is 0.251 e. The van der Waals surface area contributed by atoms with Gasteiger partial charge in [-0.05, 0) is 43.2 Å². The summed E-state index contributed by atoms with van der Waals surface area (Å²) in [6, 6.07) is 15.3. The molecule has 0 bridgehead atoms. The van der Waals surface area contributed by atoms with Gasteiger partial charge in [0.2, 0.25) is 11.8 Å². The monoisotopic (exact) mass is 493 g/mol. The van der Waals surface area contributed by atoms with Crippen molar-refractivity contribution in [2.24, 2.45) is 0 Å². The Morgan fingerprint density at radius 2 is 1.81 bits per heavy atom. The summed E-state index contributed by atoms with van der Waals surface area (Å²) in [6.07, 6.45) is 1.58. The molecular weight excluding hydrogens is 461 g/mol. The van der Waals surface area contributed by atoms with E-state index in [0.29, 0.717) is 45.4 Å². The molecule has 3 heterocycles. The predicted octanol–water partition coefficient (Wildman–Crippen LogP) is 1.63. The molecule has 3 aliphatic rings. The van der Waals surface area contributed by atoms with Gasteiger partial charge in [-0.15, -0.1) is 0 Å². The van der Waals surface area contributed by atoms with E-state index in [2.05, 4.69) is 32.6 Å². The van der Waals surface area contributed by atoms with Crippen LogP contribution in [0.25, 0.3) is 0 Å². The first-order valence-corrected chi connectivity index (χ1v) is 12.7. The van der Waals surface area contributed by atoms with Gasteiger partial charge in [-0.1, -0.05) is 24.3 Å². The second kappa shape index (κ2) is 10.7. The molecule has 190 valence electrons. The number of carbonyl (C=O) groups excluding carboxylic acids is 3. The molecule has 2 aromatic carbocycles. The summed E-state index contributed by atoms with van der Waals surface area (Å²) in [5.74, 6) is -0.707. The number of amides is 3. The first-order valence-electron chi connectivity index (χ1n) is 12.7. The van der Waals surface area contributed by atoms with Crippen LogP contribution in [0, 0.1) is 5.82 Å². The molecule has 3 atom stereocenters. The zero-order chi connectivity index (χ0) is 25.1. The molecule has 36 heavy (non-hydrogen) atoms. The number of benzene rings is 2. The molecule has 2 N–H and O–H groups in total. The normalized spacial score (nSPS) is 24.2. The molecule has 0 spiro atoms. The molecule has 0 aliphatic carbocycles. The summed E-state index contributed by atoms with van der Waals surface area (Å²) in [5, 5.41) is 5.92.